The summed E-state index contributed by atoms with van der Waals surface area (Å²) in [5.74, 6) is 1.09. The van der Waals surface area contributed by atoms with Crippen LogP contribution in [0.15, 0.2) is 102 Å². The van der Waals surface area contributed by atoms with Crippen molar-refractivity contribution >= 4 is 22.6 Å². The molecule has 7 nitrogen and oxygen atoms in total. The Kier molecular flexibility index (Phi) is 8.67. The topological polar surface area (TPSA) is 76.5 Å². The van der Waals surface area contributed by atoms with Crippen molar-refractivity contribution in [1.29, 1.82) is 0 Å². The number of carbonyl (C=O) groups excluding carboxylic acids is 1. The molecule has 214 valence electrons. The van der Waals surface area contributed by atoms with Gasteiger partial charge in [-0.15, -0.1) is 0 Å². The molecule has 7 heteroatoms. The van der Waals surface area contributed by atoms with E-state index < -0.39 is 6.04 Å². The number of anilines is 1. The summed E-state index contributed by atoms with van der Waals surface area (Å²) in [4.78, 5) is 35.1. The smallest absolute Gasteiger partial charge is 0.322 e. The average Bonchev–Trinajstić information content (AvgIpc) is 3.01. The van der Waals surface area contributed by atoms with Crippen LogP contribution in [0.1, 0.15) is 41.9 Å². The number of benzene rings is 4. The summed E-state index contributed by atoms with van der Waals surface area (Å²) in [6, 6.07) is 29.9. The third-order valence-electron chi connectivity index (χ3n) is 7.70. The van der Waals surface area contributed by atoms with E-state index >= 15 is 0 Å². The quantitative estimate of drug-likeness (QED) is 0.206. The first-order chi connectivity index (χ1) is 20.4. The number of fused-ring (bicyclic) bond motifs is 1. The van der Waals surface area contributed by atoms with E-state index in [2.05, 4.69) is 17.4 Å². The fraction of sp³-hybridized carbons (Fsp3) is 0.229. The van der Waals surface area contributed by atoms with Gasteiger partial charge in [0.2, 0.25) is 0 Å². The molecule has 1 unspecified atom stereocenters. The molecule has 5 aromatic rings. The first kappa shape index (κ1) is 28.6. The molecule has 42 heavy (non-hydrogen) atoms. The molecule has 5 rings (SSSR count). The van der Waals surface area contributed by atoms with Crippen LogP contribution in [0.25, 0.3) is 16.6 Å². The lowest BCUT2D eigenvalue weighted by molar-refractivity contribution is 0.182. The summed E-state index contributed by atoms with van der Waals surface area (Å²) in [5, 5.41) is 3.59. The number of urea groups is 1. The molecule has 0 saturated carbocycles. The van der Waals surface area contributed by atoms with E-state index in [9.17, 15) is 9.59 Å². The minimum Gasteiger partial charge on any atom is -0.495 e. The Balaban J connectivity index is 1.66. The Labute approximate surface area is 246 Å². The Morgan fingerprint density at radius 3 is 2.38 bits per heavy atom. The lowest BCUT2D eigenvalue weighted by atomic mass is 10.1. The fourth-order valence-corrected chi connectivity index (χ4v) is 5.26. The van der Waals surface area contributed by atoms with E-state index in [-0.39, 0.29) is 11.6 Å². The maximum Gasteiger partial charge on any atom is 0.322 e. The van der Waals surface area contributed by atoms with Crippen LogP contribution in [0, 0.1) is 13.8 Å². The molecule has 0 fully saturated rings. The predicted molar refractivity (Wildman–Crippen MR) is 169 cm³/mol. The van der Waals surface area contributed by atoms with Crippen LogP contribution < -0.4 is 15.6 Å². The van der Waals surface area contributed by atoms with Gasteiger partial charge in [0.1, 0.15) is 11.6 Å². The van der Waals surface area contributed by atoms with Gasteiger partial charge in [-0.1, -0.05) is 67.6 Å². The third-order valence-corrected chi connectivity index (χ3v) is 7.70. The van der Waals surface area contributed by atoms with Gasteiger partial charge >= 0.3 is 6.03 Å². The molecule has 1 aromatic heterocycles. The van der Waals surface area contributed by atoms with Crippen molar-refractivity contribution in [3.05, 3.63) is 130 Å². The molecule has 0 radical (unpaired) electrons. The molecule has 0 spiro atoms. The first-order valence-corrected chi connectivity index (χ1v) is 14.2. The summed E-state index contributed by atoms with van der Waals surface area (Å²) in [5.41, 5.74) is 5.05. The van der Waals surface area contributed by atoms with Gasteiger partial charge in [-0.25, -0.2) is 9.78 Å². The summed E-state index contributed by atoms with van der Waals surface area (Å²) < 4.78 is 7.17. The number of para-hydroxylation sites is 3. The number of ether oxygens (including phenoxy) is 1. The molecule has 1 atom stereocenters. The second-order valence-corrected chi connectivity index (χ2v) is 10.4. The molecule has 1 N–H and O–H groups in total. The highest BCUT2D eigenvalue weighted by atomic mass is 16.5. The van der Waals surface area contributed by atoms with E-state index in [1.807, 2.05) is 99.6 Å². The second-order valence-electron chi connectivity index (χ2n) is 10.4. The Morgan fingerprint density at radius 2 is 1.64 bits per heavy atom. The van der Waals surface area contributed by atoms with E-state index in [1.165, 1.54) is 0 Å². The number of carbonyl (C=O) groups is 1. The maximum atomic E-state index is 14.1. The number of hydrogen-bond donors (Lipinski definition) is 1. The van der Waals surface area contributed by atoms with Crippen LogP contribution in [0.3, 0.4) is 0 Å². The highest BCUT2D eigenvalue weighted by molar-refractivity contribution is 5.91. The molecule has 2 amide bonds. The van der Waals surface area contributed by atoms with Crippen molar-refractivity contribution in [2.75, 3.05) is 19.0 Å². The van der Waals surface area contributed by atoms with E-state index in [0.717, 1.165) is 22.4 Å². The Bertz CT molecular complexity index is 1760. The number of nitrogens with one attached hydrogen (secondary N) is 1. The molecular weight excluding hydrogens is 524 g/mol. The van der Waals surface area contributed by atoms with E-state index in [4.69, 9.17) is 9.72 Å². The predicted octanol–water partition coefficient (Wildman–Crippen LogP) is 7.24. The number of nitrogens with zero attached hydrogens (tertiary/aromatic N) is 3. The van der Waals surface area contributed by atoms with Gasteiger partial charge in [0, 0.05) is 6.54 Å². The van der Waals surface area contributed by atoms with Crippen LogP contribution in [-0.4, -0.2) is 34.1 Å². The van der Waals surface area contributed by atoms with Crippen LogP contribution >= 0.6 is 0 Å². The van der Waals surface area contributed by atoms with Gasteiger partial charge in [-0.2, -0.15) is 0 Å². The third kappa shape index (κ3) is 5.91. The lowest BCUT2D eigenvalue weighted by Crippen LogP contribution is -2.42. The molecule has 1 heterocycles. The Hall–Kier alpha value is -4.91. The summed E-state index contributed by atoms with van der Waals surface area (Å²) >= 11 is 0. The first-order valence-electron chi connectivity index (χ1n) is 14.2. The lowest BCUT2D eigenvalue weighted by Gasteiger charge is -2.32. The monoisotopic (exact) mass is 560 g/mol. The molecule has 0 saturated heterocycles. The molecule has 0 aliphatic rings. The normalized spacial score (nSPS) is 11.7. The van der Waals surface area contributed by atoms with Gasteiger partial charge in [0.25, 0.3) is 5.56 Å². The van der Waals surface area contributed by atoms with Crippen molar-refractivity contribution in [1.82, 2.24) is 14.5 Å². The standard InChI is InChI=1S/C35H36N4O3/c1-5-31(33-36-29-16-10-9-15-28(29)34(40)39(33)27-20-19-24(2)25(3)23-27)38(22-21-26-13-7-6-8-14-26)35(41)37-30-17-11-12-18-32(30)42-4/h6-20,23,31H,5,21-22H2,1-4H3,(H,37,41). The zero-order valence-electron chi connectivity index (χ0n) is 24.5. The minimum absolute atomic E-state index is 0.162. The second kappa shape index (κ2) is 12.7. The Morgan fingerprint density at radius 1 is 0.929 bits per heavy atom. The van der Waals surface area contributed by atoms with E-state index in [0.29, 0.717) is 47.6 Å². The number of hydrogen-bond acceptors (Lipinski definition) is 4. The summed E-state index contributed by atoms with van der Waals surface area (Å²) in [6.07, 6.45) is 1.18. The molecular formula is C35H36N4O3. The van der Waals surface area contributed by atoms with Crippen molar-refractivity contribution in [3.8, 4) is 11.4 Å². The summed E-state index contributed by atoms with van der Waals surface area (Å²) in [7, 11) is 1.58. The molecule has 0 bridgehead atoms. The number of methoxy groups -OCH3 is 1. The van der Waals surface area contributed by atoms with Gasteiger partial charge in [-0.05, 0) is 79.8 Å². The zero-order valence-corrected chi connectivity index (χ0v) is 24.5. The van der Waals surface area contributed by atoms with E-state index in [1.54, 1.807) is 22.6 Å². The van der Waals surface area contributed by atoms with Crippen LogP contribution in [0.2, 0.25) is 0 Å². The SMILES string of the molecule is CCC(c1nc2ccccc2c(=O)n1-c1ccc(C)c(C)c1)N(CCc1ccccc1)C(=O)Nc1ccccc1OC. The zero-order chi connectivity index (χ0) is 29.6. The van der Waals surface area contributed by atoms with Gasteiger partial charge in [0.05, 0.1) is 35.4 Å². The van der Waals surface area contributed by atoms with Crippen molar-refractivity contribution in [3.63, 3.8) is 0 Å². The van der Waals surface area contributed by atoms with Gasteiger partial charge in [0.15, 0.2) is 0 Å². The fourth-order valence-electron chi connectivity index (χ4n) is 5.26. The number of rotatable bonds is 9. The van der Waals surface area contributed by atoms with Crippen LogP contribution in [0.5, 0.6) is 5.75 Å². The van der Waals surface area contributed by atoms with Gasteiger partial charge in [-0.3, -0.25) is 9.36 Å². The number of aryl methyl sites for hydroxylation is 2. The largest absolute Gasteiger partial charge is 0.495 e. The van der Waals surface area contributed by atoms with Crippen molar-refractivity contribution in [2.45, 2.75) is 39.7 Å². The highest BCUT2D eigenvalue weighted by Gasteiger charge is 2.29. The highest BCUT2D eigenvalue weighted by Crippen LogP contribution is 2.29. The molecule has 0 aliphatic heterocycles. The average molecular weight is 561 g/mol. The van der Waals surface area contributed by atoms with Crippen LogP contribution in [0.4, 0.5) is 10.5 Å². The van der Waals surface area contributed by atoms with Gasteiger partial charge < -0.3 is 15.0 Å². The minimum atomic E-state index is -0.498. The summed E-state index contributed by atoms with van der Waals surface area (Å²) in [6.45, 7) is 6.51. The van der Waals surface area contributed by atoms with Crippen molar-refractivity contribution < 1.29 is 9.53 Å². The number of amides is 2. The van der Waals surface area contributed by atoms with Crippen molar-refractivity contribution in [2.24, 2.45) is 0 Å². The molecule has 4 aromatic carbocycles. The maximum absolute atomic E-state index is 14.1. The molecule has 0 aliphatic carbocycles. The van der Waals surface area contributed by atoms with Crippen LogP contribution in [-0.2, 0) is 6.42 Å². The number of aromatic nitrogens is 2.